The first-order chi connectivity index (χ1) is 9.31. The molecule has 0 saturated carbocycles. The van der Waals surface area contributed by atoms with Crippen LogP contribution in [0.25, 0.3) is 6.08 Å². The highest BCUT2D eigenvalue weighted by Gasteiger charge is 2.03. The molecule has 0 aliphatic carbocycles. The maximum Gasteiger partial charge on any atom is 0.142 e. The van der Waals surface area contributed by atoms with Gasteiger partial charge in [-0.15, -0.1) is 0 Å². The van der Waals surface area contributed by atoms with Gasteiger partial charge in [0.15, 0.2) is 0 Å². The first-order valence-electron chi connectivity index (χ1n) is 5.88. The Morgan fingerprint density at radius 2 is 1.79 bits per heavy atom. The van der Waals surface area contributed by atoms with Gasteiger partial charge >= 0.3 is 0 Å². The molecule has 0 aliphatic rings. The Morgan fingerprint density at radius 1 is 1.05 bits per heavy atom. The molecule has 0 aliphatic heterocycles. The molecule has 2 rings (SSSR count). The van der Waals surface area contributed by atoms with Crippen molar-refractivity contribution in [2.24, 2.45) is 0 Å². The maximum atomic E-state index is 13.5. The van der Waals surface area contributed by atoms with Crippen molar-refractivity contribution in [2.45, 2.75) is 6.61 Å². The molecule has 0 bridgehead atoms. The van der Waals surface area contributed by atoms with Gasteiger partial charge in [-0.05, 0) is 24.3 Å². The molecule has 0 fully saturated rings. The van der Waals surface area contributed by atoms with E-state index in [0.717, 1.165) is 5.56 Å². The zero-order valence-electron chi connectivity index (χ0n) is 10.3. The molecule has 2 aromatic carbocycles. The van der Waals surface area contributed by atoms with Crippen molar-refractivity contribution in [3.63, 3.8) is 0 Å². The van der Waals surface area contributed by atoms with E-state index in [9.17, 15) is 9.18 Å². The standard InChI is InChI=1S/C16H13FO2/c17-15-9-3-1-7-14(15)12-19-16-10-4-2-6-13(16)8-5-11-18/h1-11H,12H2/b8-5+. The third-order valence-electron chi connectivity index (χ3n) is 2.61. The molecule has 0 saturated heterocycles. The Balaban J connectivity index is 2.13. The predicted octanol–water partition coefficient (Wildman–Crippen LogP) is 3.62. The van der Waals surface area contributed by atoms with Gasteiger partial charge in [0.25, 0.3) is 0 Å². The minimum Gasteiger partial charge on any atom is -0.488 e. The van der Waals surface area contributed by atoms with Gasteiger partial charge in [-0.3, -0.25) is 4.79 Å². The second-order valence-corrected chi connectivity index (χ2v) is 3.91. The van der Waals surface area contributed by atoms with Crippen molar-refractivity contribution in [3.05, 3.63) is 71.6 Å². The molecule has 96 valence electrons. The van der Waals surface area contributed by atoms with Crippen molar-refractivity contribution < 1.29 is 13.9 Å². The zero-order valence-corrected chi connectivity index (χ0v) is 10.3. The Bertz CT molecular complexity index is 591. The van der Waals surface area contributed by atoms with Gasteiger partial charge in [-0.1, -0.05) is 36.4 Å². The Kier molecular flexibility index (Phi) is 4.45. The number of rotatable bonds is 5. The van der Waals surface area contributed by atoms with E-state index in [2.05, 4.69) is 0 Å². The summed E-state index contributed by atoms with van der Waals surface area (Å²) < 4.78 is 19.0. The van der Waals surface area contributed by atoms with E-state index in [1.165, 1.54) is 12.1 Å². The van der Waals surface area contributed by atoms with Crippen molar-refractivity contribution in [1.29, 1.82) is 0 Å². The van der Waals surface area contributed by atoms with E-state index in [4.69, 9.17) is 4.74 Å². The minimum absolute atomic E-state index is 0.151. The van der Waals surface area contributed by atoms with Crippen LogP contribution in [-0.2, 0) is 11.4 Å². The first-order valence-corrected chi connectivity index (χ1v) is 5.88. The number of ether oxygens (including phenoxy) is 1. The number of benzene rings is 2. The average molecular weight is 256 g/mol. The highest BCUT2D eigenvalue weighted by Crippen LogP contribution is 2.21. The Labute approximate surface area is 111 Å². The first kappa shape index (κ1) is 13.0. The third kappa shape index (κ3) is 3.52. The van der Waals surface area contributed by atoms with Crippen LogP contribution in [0.2, 0.25) is 0 Å². The van der Waals surface area contributed by atoms with Crippen LogP contribution in [-0.4, -0.2) is 6.29 Å². The molecule has 2 aromatic rings. The summed E-state index contributed by atoms with van der Waals surface area (Å²) in [6.07, 6.45) is 3.75. The van der Waals surface area contributed by atoms with E-state index in [-0.39, 0.29) is 12.4 Å². The van der Waals surface area contributed by atoms with Crippen molar-refractivity contribution >= 4 is 12.4 Å². The number of hydrogen-bond donors (Lipinski definition) is 0. The molecule has 19 heavy (non-hydrogen) atoms. The molecule has 3 heteroatoms. The lowest BCUT2D eigenvalue weighted by atomic mass is 10.2. The number of para-hydroxylation sites is 1. The third-order valence-corrected chi connectivity index (χ3v) is 2.61. The van der Waals surface area contributed by atoms with Crippen molar-refractivity contribution in [3.8, 4) is 5.75 Å². The fourth-order valence-corrected chi connectivity index (χ4v) is 1.66. The Morgan fingerprint density at radius 3 is 2.58 bits per heavy atom. The van der Waals surface area contributed by atoms with Crippen LogP contribution in [0.1, 0.15) is 11.1 Å². The summed E-state index contributed by atoms with van der Waals surface area (Å²) in [5.41, 5.74) is 1.28. The van der Waals surface area contributed by atoms with Crippen LogP contribution < -0.4 is 4.74 Å². The van der Waals surface area contributed by atoms with Gasteiger partial charge in [0.2, 0.25) is 0 Å². The lowest BCUT2D eigenvalue weighted by Crippen LogP contribution is -1.99. The molecule has 0 aromatic heterocycles. The van der Waals surface area contributed by atoms with E-state index in [1.54, 1.807) is 30.3 Å². The Hall–Kier alpha value is -2.42. The predicted molar refractivity (Wildman–Crippen MR) is 72.3 cm³/mol. The lowest BCUT2D eigenvalue weighted by molar-refractivity contribution is -0.104. The summed E-state index contributed by atoms with van der Waals surface area (Å²) in [5, 5.41) is 0. The summed E-state index contributed by atoms with van der Waals surface area (Å²) in [7, 11) is 0. The van der Waals surface area contributed by atoms with Crippen LogP contribution in [0.15, 0.2) is 54.6 Å². The van der Waals surface area contributed by atoms with Crippen LogP contribution in [0.5, 0.6) is 5.75 Å². The molecule has 0 spiro atoms. The van der Waals surface area contributed by atoms with E-state index in [0.29, 0.717) is 17.6 Å². The summed E-state index contributed by atoms with van der Waals surface area (Å²) in [5.74, 6) is 0.326. The smallest absolute Gasteiger partial charge is 0.142 e. The lowest BCUT2D eigenvalue weighted by Gasteiger charge is -2.09. The minimum atomic E-state index is -0.289. The van der Waals surface area contributed by atoms with E-state index < -0.39 is 0 Å². The monoisotopic (exact) mass is 256 g/mol. The largest absolute Gasteiger partial charge is 0.488 e. The second kappa shape index (κ2) is 6.50. The highest BCUT2D eigenvalue weighted by molar-refractivity contribution is 5.75. The summed E-state index contributed by atoms with van der Waals surface area (Å²) >= 11 is 0. The molecule has 0 amide bonds. The van der Waals surface area contributed by atoms with Crippen molar-refractivity contribution in [1.82, 2.24) is 0 Å². The van der Waals surface area contributed by atoms with Gasteiger partial charge in [0.05, 0.1) is 0 Å². The molecule has 0 atom stereocenters. The summed E-state index contributed by atoms with van der Waals surface area (Å²) in [4.78, 5) is 10.3. The van der Waals surface area contributed by atoms with Gasteiger partial charge in [-0.25, -0.2) is 4.39 Å². The number of halogens is 1. The molecule has 2 nitrogen and oxygen atoms in total. The molecule has 0 radical (unpaired) electrons. The molecular weight excluding hydrogens is 243 g/mol. The van der Waals surface area contributed by atoms with Crippen LogP contribution in [0, 0.1) is 5.82 Å². The molecule has 0 N–H and O–H groups in total. The van der Waals surface area contributed by atoms with Crippen LogP contribution >= 0.6 is 0 Å². The average Bonchev–Trinajstić information content (AvgIpc) is 2.45. The molecular formula is C16H13FO2. The number of allylic oxidation sites excluding steroid dienone is 1. The number of carbonyl (C=O) groups is 1. The van der Waals surface area contributed by atoms with E-state index in [1.807, 2.05) is 18.2 Å². The molecule has 0 unspecified atom stereocenters. The number of hydrogen-bond acceptors (Lipinski definition) is 2. The van der Waals surface area contributed by atoms with Gasteiger partial charge in [0.1, 0.15) is 24.5 Å². The van der Waals surface area contributed by atoms with Crippen LogP contribution in [0.4, 0.5) is 4.39 Å². The van der Waals surface area contributed by atoms with E-state index >= 15 is 0 Å². The van der Waals surface area contributed by atoms with Gasteiger partial charge < -0.3 is 4.74 Å². The second-order valence-electron chi connectivity index (χ2n) is 3.91. The fraction of sp³-hybridized carbons (Fsp3) is 0.0625. The normalized spacial score (nSPS) is 10.6. The summed E-state index contributed by atoms with van der Waals surface area (Å²) in [6, 6.07) is 13.8. The highest BCUT2D eigenvalue weighted by atomic mass is 19.1. The van der Waals surface area contributed by atoms with Crippen LogP contribution in [0.3, 0.4) is 0 Å². The fourth-order valence-electron chi connectivity index (χ4n) is 1.66. The quantitative estimate of drug-likeness (QED) is 0.603. The SMILES string of the molecule is O=C/C=C/c1ccccc1OCc1ccccc1F. The topological polar surface area (TPSA) is 26.3 Å². The zero-order chi connectivity index (χ0) is 13.5. The summed E-state index contributed by atoms with van der Waals surface area (Å²) in [6.45, 7) is 0.151. The van der Waals surface area contributed by atoms with Crippen molar-refractivity contribution in [2.75, 3.05) is 0 Å². The van der Waals surface area contributed by atoms with Gasteiger partial charge in [0, 0.05) is 11.1 Å². The number of carbonyl (C=O) groups excluding carboxylic acids is 1. The number of aldehydes is 1. The maximum absolute atomic E-state index is 13.5. The molecule has 0 heterocycles. The van der Waals surface area contributed by atoms with Gasteiger partial charge in [-0.2, -0.15) is 0 Å².